The molecule has 124 valence electrons. The lowest BCUT2D eigenvalue weighted by Gasteiger charge is -2.34. The van der Waals surface area contributed by atoms with Crippen LogP contribution in [-0.2, 0) is 9.53 Å². The van der Waals surface area contributed by atoms with Crippen LogP contribution in [0.2, 0.25) is 5.02 Å². The second-order valence-corrected chi connectivity index (χ2v) is 4.39. The summed E-state index contributed by atoms with van der Waals surface area (Å²) in [5.41, 5.74) is -5.12. The van der Waals surface area contributed by atoms with Crippen molar-refractivity contribution < 1.29 is 40.6 Å². The molecule has 0 N–H and O–H groups in total. The van der Waals surface area contributed by atoms with E-state index < -0.39 is 36.3 Å². The van der Waals surface area contributed by atoms with Crippen LogP contribution >= 0.6 is 11.6 Å². The standard InChI is InChI=1S/C12H9ClF6O3/c1-2-21-9(20)10(11(14,15)16,12(17,18)19)22-8-5-3-7(13)4-6-8/h3-6H,2H2,1H3. The number of hydrogen-bond acceptors (Lipinski definition) is 3. The van der Waals surface area contributed by atoms with Crippen molar-refractivity contribution in [3.8, 4) is 5.75 Å². The van der Waals surface area contributed by atoms with E-state index in [4.69, 9.17) is 11.6 Å². The Morgan fingerprint density at radius 2 is 1.50 bits per heavy atom. The normalized spacial score (nSPS) is 12.9. The van der Waals surface area contributed by atoms with Crippen molar-refractivity contribution in [1.82, 2.24) is 0 Å². The number of alkyl halides is 6. The van der Waals surface area contributed by atoms with E-state index in [1.165, 1.54) is 0 Å². The van der Waals surface area contributed by atoms with Gasteiger partial charge in [-0.1, -0.05) is 11.6 Å². The maximum absolute atomic E-state index is 13.0. The van der Waals surface area contributed by atoms with Crippen molar-refractivity contribution in [1.29, 1.82) is 0 Å². The summed E-state index contributed by atoms with van der Waals surface area (Å²) >= 11 is 5.48. The van der Waals surface area contributed by atoms with Crippen LogP contribution in [0.15, 0.2) is 24.3 Å². The zero-order valence-electron chi connectivity index (χ0n) is 10.9. The molecule has 0 unspecified atom stereocenters. The Bertz CT molecular complexity index is 509. The van der Waals surface area contributed by atoms with Crippen LogP contribution in [0.5, 0.6) is 5.75 Å². The van der Waals surface area contributed by atoms with Gasteiger partial charge >= 0.3 is 23.9 Å². The predicted octanol–water partition coefficient (Wildman–Crippen LogP) is 4.15. The van der Waals surface area contributed by atoms with E-state index in [2.05, 4.69) is 9.47 Å². The summed E-state index contributed by atoms with van der Waals surface area (Å²) in [6.45, 7) is 0.383. The first-order valence-corrected chi connectivity index (χ1v) is 6.08. The lowest BCUT2D eigenvalue weighted by atomic mass is 10.0. The summed E-state index contributed by atoms with van der Waals surface area (Å²) in [7, 11) is 0. The van der Waals surface area contributed by atoms with Crippen LogP contribution in [0.4, 0.5) is 26.3 Å². The highest BCUT2D eigenvalue weighted by Crippen LogP contribution is 2.47. The third-order valence-electron chi connectivity index (χ3n) is 2.45. The minimum atomic E-state index is -6.09. The zero-order valence-corrected chi connectivity index (χ0v) is 11.6. The molecular formula is C12H9ClF6O3. The topological polar surface area (TPSA) is 35.5 Å². The van der Waals surface area contributed by atoms with Gasteiger partial charge in [0.2, 0.25) is 0 Å². The Morgan fingerprint density at radius 3 is 1.86 bits per heavy atom. The van der Waals surface area contributed by atoms with Crippen LogP contribution in [0.1, 0.15) is 6.92 Å². The molecule has 0 fully saturated rings. The molecule has 0 aromatic heterocycles. The monoisotopic (exact) mass is 350 g/mol. The molecule has 0 radical (unpaired) electrons. The highest BCUT2D eigenvalue weighted by atomic mass is 35.5. The fraction of sp³-hybridized carbons (Fsp3) is 0.417. The molecule has 1 aromatic carbocycles. The first-order chi connectivity index (χ1) is 9.95. The minimum Gasteiger partial charge on any atom is -0.462 e. The number of rotatable bonds is 4. The Labute approximate surface area is 125 Å². The summed E-state index contributed by atoms with van der Waals surface area (Å²) in [5.74, 6) is -3.43. The van der Waals surface area contributed by atoms with E-state index in [0.29, 0.717) is 0 Å². The molecule has 1 aromatic rings. The van der Waals surface area contributed by atoms with Gasteiger partial charge in [-0.15, -0.1) is 0 Å². The number of halogens is 7. The lowest BCUT2D eigenvalue weighted by molar-refractivity contribution is -0.347. The SMILES string of the molecule is CCOC(=O)C(Oc1ccc(Cl)cc1)(C(F)(F)F)C(F)(F)F. The average molecular weight is 351 g/mol. The van der Waals surface area contributed by atoms with Crippen LogP contribution < -0.4 is 4.74 Å². The van der Waals surface area contributed by atoms with E-state index in [1.807, 2.05) is 0 Å². The summed E-state index contributed by atoms with van der Waals surface area (Å²) in [6.07, 6.45) is -12.2. The van der Waals surface area contributed by atoms with Gasteiger partial charge in [-0.3, -0.25) is 0 Å². The second-order valence-electron chi connectivity index (χ2n) is 3.95. The highest BCUT2D eigenvalue weighted by Gasteiger charge is 2.80. The first-order valence-electron chi connectivity index (χ1n) is 5.71. The smallest absolute Gasteiger partial charge is 0.449 e. The predicted molar refractivity (Wildman–Crippen MR) is 63.6 cm³/mol. The van der Waals surface area contributed by atoms with Crippen molar-refractivity contribution in [3.63, 3.8) is 0 Å². The van der Waals surface area contributed by atoms with E-state index >= 15 is 0 Å². The number of ether oxygens (including phenoxy) is 2. The highest BCUT2D eigenvalue weighted by molar-refractivity contribution is 6.30. The van der Waals surface area contributed by atoms with Gasteiger partial charge in [0.15, 0.2) is 0 Å². The number of esters is 1. The van der Waals surface area contributed by atoms with Crippen LogP contribution in [0.25, 0.3) is 0 Å². The molecule has 0 saturated carbocycles. The quantitative estimate of drug-likeness (QED) is 0.604. The Balaban J connectivity index is 3.42. The van der Waals surface area contributed by atoms with Gasteiger partial charge in [0.1, 0.15) is 5.75 Å². The van der Waals surface area contributed by atoms with Crippen LogP contribution in [-0.4, -0.2) is 30.5 Å². The molecular weight excluding hydrogens is 342 g/mol. The van der Waals surface area contributed by atoms with Crippen LogP contribution in [0.3, 0.4) is 0 Å². The van der Waals surface area contributed by atoms with E-state index in [-0.39, 0.29) is 5.02 Å². The maximum atomic E-state index is 13.0. The number of benzene rings is 1. The van der Waals surface area contributed by atoms with E-state index in [0.717, 1.165) is 31.2 Å². The van der Waals surface area contributed by atoms with Crippen LogP contribution in [0, 0.1) is 0 Å². The minimum absolute atomic E-state index is 0.0631. The maximum Gasteiger partial charge on any atom is 0.449 e. The molecule has 1 rings (SSSR count). The van der Waals surface area contributed by atoms with Crippen molar-refractivity contribution in [3.05, 3.63) is 29.3 Å². The van der Waals surface area contributed by atoms with Crippen molar-refractivity contribution in [2.75, 3.05) is 6.61 Å². The van der Waals surface area contributed by atoms with Gasteiger partial charge in [-0.25, -0.2) is 4.79 Å². The van der Waals surface area contributed by atoms with Gasteiger partial charge in [-0.05, 0) is 31.2 Å². The number of carbonyl (C=O) groups is 1. The molecule has 0 spiro atoms. The zero-order chi connectivity index (χ0) is 17.2. The van der Waals surface area contributed by atoms with Gasteiger partial charge in [-0.2, -0.15) is 26.3 Å². The molecule has 0 bridgehead atoms. The Hall–Kier alpha value is -1.64. The largest absolute Gasteiger partial charge is 0.462 e. The fourth-order valence-electron chi connectivity index (χ4n) is 1.46. The van der Waals surface area contributed by atoms with Crippen molar-refractivity contribution in [2.24, 2.45) is 0 Å². The number of carbonyl (C=O) groups excluding carboxylic acids is 1. The summed E-state index contributed by atoms with van der Waals surface area (Å²) < 4.78 is 86.2. The Kier molecular flexibility index (Phi) is 5.21. The van der Waals surface area contributed by atoms with E-state index in [1.54, 1.807) is 0 Å². The third-order valence-corrected chi connectivity index (χ3v) is 2.70. The lowest BCUT2D eigenvalue weighted by Crippen LogP contribution is -2.66. The molecule has 0 aliphatic heterocycles. The van der Waals surface area contributed by atoms with Gasteiger partial charge < -0.3 is 9.47 Å². The summed E-state index contributed by atoms with van der Waals surface area (Å²) in [6, 6.07) is 3.57. The Morgan fingerprint density at radius 1 is 1.05 bits per heavy atom. The third kappa shape index (κ3) is 3.40. The van der Waals surface area contributed by atoms with Crippen molar-refractivity contribution in [2.45, 2.75) is 24.9 Å². The summed E-state index contributed by atoms with van der Waals surface area (Å²) in [4.78, 5) is 11.4. The molecule has 0 atom stereocenters. The first kappa shape index (κ1) is 18.4. The van der Waals surface area contributed by atoms with Gasteiger partial charge in [0, 0.05) is 5.02 Å². The van der Waals surface area contributed by atoms with Gasteiger partial charge in [0.25, 0.3) is 0 Å². The molecule has 0 aliphatic rings. The molecule has 3 nitrogen and oxygen atoms in total. The fourth-order valence-corrected chi connectivity index (χ4v) is 1.59. The second kappa shape index (κ2) is 6.23. The molecule has 0 saturated heterocycles. The average Bonchev–Trinajstić information content (AvgIpc) is 2.35. The van der Waals surface area contributed by atoms with Crippen molar-refractivity contribution >= 4 is 17.6 Å². The molecule has 10 heteroatoms. The molecule has 0 aliphatic carbocycles. The molecule has 0 heterocycles. The van der Waals surface area contributed by atoms with E-state index in [9.17, 15) is 31.1 Å². The number of hydrogen-bond donors (Lipinski definition) is 0. The molecule has 22 heavy (non-hydrogen) atoms. The summed E-state index contributed by atoms with van der Waals surface area (Å²) in [5, 5.41) is 0.0631. The molecule has 0 amide bonds. The van der Waals surface area contributed by atoms with Gasteiger partial charge in [0.05, 0.1) is 6.61 Å².